The smallest absolute Gasteiger partial charge is 0.169 e. The molecular weight excluding hydrogens is 214 g/mol. The number of quaternary nitrogens is 1. The van der Waals surface area contributed by atoms with Gasteiger partial charge in [-0.3, -0.25) is 0 Å². The van der Waals surface area contributed by atoms with Gasteiger partial charge in [-0.2, -0.15) is 0 Å². The van der Waals surface area contributed by atoms with Crippen LogP contribution in [0, 0.1) is 0 Å². The van der Waals surface area contributed by atoms with E-state index >= 15 is 0 Å². The number of benzene rings is 2. The molecule has 88 valence electrons. The molecule has 0 aliphatic carbocycles. The van der Waals surface area contributed by atoms with Gasteiger partial charge < -0.3 is 15.2 Å². The van der Waals surface area contributed by atoms with Crippen molar-refractivity contribution in [2.24, 2.45) is 0 Å². The molecule has 0 atom stereocenters. The van der Waals surface area contributed by atoms with Crippen molar-refractivity contribution in [3.63, 3.8) is 0 Å². The minimum absolute atomic E-state index is 0.720. The summed E-state index contributed by atoms with van der Waals surface area (Å²) in [4.78, 5) is 0. The summed E-state index contributed by atoms with van der Waals surface area (Å²) < 4.78 is 11.0. The first-order valence-corrected chi connectivity index (χ1v) is 5.52. The number of para-hydroxylation sites is 2. The lowest BCUT2D eigenvalue weighted by atomic mass is 10.2. The maximum atomic E-state index is 5.75. The molecule has 0 unspecified atom stereocenters. The van der Waals surface area contributed by atoms with E-state index < -0.39 is 0 Å². The lowest BCUT2D eigenvalue weighted by molar-refractivity contribution is -0.386. The molecule has 2 rings (SSSR count). The Hall–Kier alpha value is -2.00. The van der Waals surface area contributed by atoms with Crippen LogP contribution in [-0.2, 0) is 6.54 Å². The number of methoxy groups -OCH3 is 1. The Kier molecular flexibility index (Phi) is 3.62. The van der Waals surface area contributed by atoms with Crippen LogP contribution in [0.15, 0.2) is 48.5 Å². The molecule has 0 aliphatic rings. The highest BCUT2D eigenvalue weighted by molar-refractivity contribution is 5.42. The zero-order valence-corrected chi connectivity index (χ0v) is 9.85. The average molecular weight is 230 g/mol. The molecule has 0 heterocycles. The highest BCUT2D eigenvalue weighted by Crippen LogP contribution is 2.30. The second-order valence-electron chi connectivity index (χ2n) is 3.65. The van der Waals surface area contributed by atoms with E-state index in [0.29, 0.717) is 0 Å². The number of hydrogen-bond donors (Lipinski definition) is 1. The molecule has 3 N–H and O–H groups in total. The van der Waals surface area contributed by atoms with Crippen molar-refractivity contribution in [3.05, 3.63) is 54.1 Å². The number of rotatable bonds is 4. The SMILES string of the molecule is COc1ccccc1Oc1ccc(C[NH3+])cc1. The van der Waals surface area contributed by atoms with Gasteiger partial charge >= 0.3 is 0 Å². The summed E-state index contributed by atoms with van der Waals surface area (Å²) in [5.74, 6) is 2.25. The average Bonchev–Trinajstić information content (AvgIpc) is 2.40. The summed E-state index contributed by atoms with van der Waals surface area (Å²) in [6.07, 6.45) is 0. The second kappa shape index (κ2) is 5.37. The molecule has 2 aromatic carbocycles. The van der Waals surface area contributed by atoms with Crippen molar-refractivity contribution in [2.45, 2.75) is 6.54 Å². The van der Waals surface area contributed by atoms with Crippen molar-refractivity contribution in [2.75, 3.05) is 7.11 Å². The third kappa shape index (κ3) is 2.77. The van der Waals surface area contributed by atoms with Crippen LogP contribution in [0.2, 0.25) is 0 Å². The Labute approximate surface area is 101 Å². The third-order valence-corrected chi connectivity index (χ3v) is 2.51. The molecular formula is C14H16NO2+. The summed E-state index contributed by atoms with van der Waals surface area (Å²) >= 11 is 0. The van der Waals surface area contributed by atoms with E-state index in [4.69, 9.17) is 9.47 Å². The van der Waals surface area contributed by atoms with Gasteiger partial charge in [0, 0.05) is 5.56 Å². The van der Waals surface area contributed by atoms with Crippen LogP contribution < -0.4 is 15.2 Å². The quantitative estimate of drug-likeness (QED) is 0.875. The van der Waals surface area contributed by atoms with Gasteiger partial charge in [-0.25, -0.2) is 0 Å². The molecule has 3 nitrogen and oxygen atoms in total. The Morgan fingerprint density at radius 3 is 2.18 bits per heavy atom. The molecule has 0 spiro atoms. The van der Waals surface area contributed by atoms with Gasteiger partial charge in [-0.05, 0) is 36.4 Å². The van der Waals surface area contributed by atoms with E-state index in [1.807, 2.05) is 48.5 Å². The summed E-state index contributed by atoms with van der Waals surface area (Å²) in [6, 6.07) is 15.5. The van der Waals surface area contributed by atoms with E-state index in [9.17, 15) is 0 Å². The van der Waals surface area contributed by atoms with Gasteiger partial charge in [-0.15, -0.1) is 0 Å². The van der Waals surface area contributed by atoms with Crippen molar-refractivity contribution in [1.29, 1.82) is 0 Å². The lowest BCUT2D eigenvalue weighted by Gasteiger charge is -2.09. The molecule has 0 aliphatic heterocycles. The maximum Gasteiger partial charge on any atom is 0.169 e. The van der Waals surface area contributed by atoms with Crippen LogP contribution in [0.5, 0.6) is 17.2 Å². The Balaban J connectivity index is 2.19. The van der Waals surface area contributed by atoms with Gasteiger partial charge in [0.2, 0.25) is 0 Å². The fourth-order valence-electron chi connectivity index (χ4n) is 1.55. The normalized spacial score (nSPS) is 10.0. The first-order valence-electron chi connectivity index (χ1n) is 5.52. The van der Waals surface area contributed by atoms with Gasteiger partial charge in [0.25, 0.3) is 0 Å². The van der Waals surface area contributed by atoms with Crippen molar-refractivity contribution in [3.8, 4) is 17.2 Å². The van der Waals surface area contributed by atoms with E-state index in [2.05, 4.69) is 5.73 Å². The molecule has 0 saturated heterocycles. The van der Waals surface area contributed by atoms with E-state index in [1.165, 1.54) is 5.56 Å². The molecule has 17 heavy (non-hydrogen) atoms. The summed E-state index contributed by atoms with van der Waals surface area (Å²) in [5.41, 5.74) is 5.03. The topological polar surface area (TPSA) is 46.1 Å². The first-order chi connectivity index (χ1) is 8.33. The largest absolute Gasteiger partial charge is 0.493 e. The molecule has 0 aromatic heterocycles. The summed E-state index contributed by atoms with van der Waals surface area (Å²) in [5, 5.41) is 0. The molecule has 0 bridgehead atoms. The first kappa shape index (κ1) is 11.5. The van der Waals surface area contributed by atoms with Crippen LogP contribution in [-0.4, -0.2) is 7.11 Å². The zero-order valence-electron chi connectivity index (χ0n) is 9.85. The fourth-order valence-corrected chi connectivity index (χ4v) is 1.55. The van der Waals surface area contributed by atoms with Crippen LogP contribution in [0.4, 0.5) is 0 Å². The van der Waals surface area contributed by atoms with Crippen LogP contribution in [0.1, 0.15) is 5.56 Å². The molecule has 0 radical (unpaired) electrons. The zero-order chi connectivity index (χ0) is 12.1. The maximum absolute atomic E-state index is 5.75. The van der Waals surface area contributed by atoms with Gasteiger partial charge in [0.05, 0.1) is 13.7 Å². The third-order valence-electron chi connectivity index (χ3n) is 2.51. The van der Waals surface area contributed by atoms with Crippen molar-refractivity contribution >= 4 is 0 Å². The monoisotopic (exact) mass is 230 g/mol. The summed E-state index contributed by atoms with van der Waals surface area (Å²) in [6.45, 7) is 0.787. The molecule has 0 amide bonds. The second-order valence-corrected chi connectivity index (χ2v) is 3.65. The van der Waals surface area contributed by atoms with Crippen LogP contribution in [0.25, 0.3) is 0 Å². The highest BCUT2D eigenvalue weighted by Gasteiger charge is 2.03. The van der Waals surface area contributed by atoms with Crippen molar-refractivity contribution in [1.82, 2.24) is 0 Å². The molecule has 3 heteroatoms. The molecule has 0 saturated carbocycles. The van der Waals surface area contributed by atoms with Crippen molar-refractivity contribution < 1.29 is 15.2 Å². The van der Waals surface area contributed by atoms with Gasteiger partial charge in [-0.1, -0.05) is 12.1 Å². The van der Waals surface area contributed by atoms with Crippen LogP contribution >= 0.6 is 0 Å². The highest BCUT2D eigenvalue weighted by atomic mass is 16.5. The number of ether oxygens (including phenoxy) is 2. The minimum atomic E-state index is 0.720. The Bertz CT molecular complexity index is 480. The van der Waals surface area contributed by atoms with E-state index in [0.717, 1.165) is 23.8 Å². The lowest BCUT2D eigenvalue weighted by Crippen LogP contribution is -2.47. The van der Waals surface area contributed by atoms with E-state index in [-0.39, 0.29) is 0 Å². The standard InChI is InChI=1S/C14H15NO2/c1-16-13-4-2-3-5-14(13)17-12-8-6-11(10-15)7-9-12/h2-9H,10,15H2,1H3/p+1. The number of hydrogen-bond acceptors (Lipinski definition) is 2. The Morgan fingerprint density at radius 1 is 0.941 bits per heavy atom. The predicted molar refractivity (Wildman–Crippen MR) is 66.1 cm³/mol. The fraction of sp³-hybridized carbons (Fsp3) is 0.143. The van der Waals surface area contributed by atoms with Gasteiger partial charge in [0.1, 0.15) is 5.75 Å². The summed E-state index contributed by atoms with van der Waals surface area (Å²) in [7, 11) is 1.63. The van der Waals surface area contributed by atoms with Crippen LogP contribution in [0.3, 0.4) is 0 Å². The van der Waals surface area contributed by atoms with Gasteiger partial charge in [0.15, 0.2) is 11.5 Å². The minimum Gasteiger partial charge on any atom is -0.493 e. The Morgan fingerprint density at radius 2 is 1.59 bits per heavy atom. The van der Waals surface area contributed by atoms with E-state index in [1.54, 1.807) is 7.11 Å². The molecule has 2 aromatic rings. The molecule has 0 fully saturated rings. The predicted octanol–water partition coefficient (Wildman–Crippen LogP) is 2.23.